The summed E-state index contributed by atoms with van der Waals surface area (Å²) in [5.74, 6) is 0.681. The first kappa shape index (κ1) is 15.4. The minimum atomic E-state index is -0.632. The van der Waals surface area contributed by atoms with E-state index in [-0.39, 0.29) is 5.56 Å². The fourth-order valence-electron chi connectivity index (χ4n) is 2.81. The van der Waals surface area contributed by atoms with E-state index >= 15 is 0 Å². The van der Waals surface area contributed by atoms with Gasteiger partial charge in [-0.05, 0) is 31.0 Å². The predicted octanol–water partition coefficient (Wildman–Crippen LogP) is 3.53. The number of anilines is 1. The summed E-state index contributed by atoms with van der Waals surface area (Å²) in [5.41, 5.74) is -0.0492. The molecule has 1 saturated carbocycles. The number of ether oxygens (including phenoxy) is 1. The second-order valence-corrected chi connectivity index (χ2v) is 5.58. The average molecular weight is 315 g/mol. The van der Waals surface area contributed by atoms with Crippen LogP contribution in [0.2, 0.25) is 0 Å². The van der Waals surface area contributed by atoms with E-state index in [1.807, 2.05) is 0 Å². The number of halogens is 1. The summed E-state index contributed by atoms with van der Waals surface area (Å²) < 4.78 is 18.9. The van der Waals surface area contributed by atoms with Gasteiger partial charge < -0.3 is 10.1 Å². The van der Waals surface area contributed by atoms with E-state index in [4.69, 9.17) is 4.74 Å². The number of benzene rings is 1. The highest BCUT2D eigenvalue weighted by atomic mass is 19.1. The summed E-state index contributed by atoms with van der Waals surface area (Å²) in [6.45, 7) is 0. The zero-order chi connectivity index (χ0) is 16.2. The molecule has 5 nitrogen and oxygen atoms in total. The molecule has 120 valence electrons. The van der Waals surface area contributed by atoms with Crippen molar-refractivity contribution in [2.24, 2.45) is 0 Å². The van der Waals surface area contributed by atoms with Crippen molar-refractivity contribution in [1.29, 1.82) is 0 Å². The maximum Gasteiger partial charge on any atom is 0.259 e. The lowest BCUT2D eigenvalue weighted by Gasteiger charge is -2.10. The van der Waals surface area contributed by atoms with Crippen LogP contribution in [0.3, 0.4) is 0 Å². The molecule has 0 atom stereocenters. The molecule has 0 spiro atoms. The molecule has 0 aliphatic heterocycles. The molecule has 2 aromatic rings. The fraction of sp³-hybridized carbons (Fsp3) is 0.353. The first-order chi connectivity index (χ1) is 11.2. The molecular weight excluding hydrogens is 297 g/mol. The number of methoxy groups -OCH3 is 1. The molecule has 3 rings (SSSR count). The first-order valence-corrected chi connectivity index (χ1v) is 7.65. The Kier molecular flexibility index (Phi) is 4.50. The quantitative estimate of drug-likeness (QED) is 0.937. The molecule has 1 amide bonds. The normalized spacial score (nSPS) is 14.7. The Balaban J connectivity index is 1.76. The molecule has 1 heterocycles. The zero-order valence-electron chi connectivity index (χ0n) is 12.9. The summed E-state index contributed by atoms with van der Waals surface area (Å²) in [7, 11) is 1.44. The number of carbonyl (C=O) groups excluding carboxylic acids is 1. The first-order valence-electron chi connectivity index (χ1n) is 7.65. The summed E-state index contributed by atoms with van der Waals surface area (Å²) in [4.78, 5) is 20.9. The number of hydrogen-bond acceptors (Lipinski definition) is 4. The van der Waals surface area contributed by atoms with Crippen molar-refractivity contribution in [3.8, 4) is 5.75 Å². The van der Waals surface area contributed by atoms with Gasteiger partial charge in [0.15, 0.2) is 0 Å². The standard InChI is InChI=1S/C17H18FN3O2/c1-23-12-6-7-13(14(18)10-12)17(22)21-15-8-9-19-16(20-15)11-4-2-3-5-11/h6-11H,2-5H2,1H3,(H,19,20,21,22). The minimum Gasteiger partial charge on any atom is -0.497 e. The Morgan fingerprint density at radius 1 is 1.30 bits per heavy atom. The number of aromatic nitrogens is 2. The SMILES string of the molecule is COc1ccc(C(=O)Nc2ccnc(C3CCCC3)n2)c(F)c1. The topological polar surface area (TPSA) is 64.1 Å². The molecular formula is C17H18FN3O2. The number of hydrogen-bond donors (Lipinski definition) is 1. The molecule has 0 saturated heterocycles. The Labute approximate surface area is 133 Å². The van der Waals surface area contributed by atoms with Crippen molar-refractivity contribution < 1.29 is 13.9 Å². The highest BCUT2D eigenvalue weighted by Crippen LogP contribution is 2.32. The summed E-state index contributed by atoms with van der Waals surface area (Å²) in [5, 5.41) is 2.63. The van der Waals surface area contributed by atoms with E-state index in [1.54, 1.807) is 18.3 Å². The highest BCUT2D eigenvalue weighted by molar-refractivity contribution is 6.04. The Morgan fingerprint density at radius 2 is 2.09 bits per heavy atom. The van der Waals surface area contributed by atoms with Crippen LogP contribution in [0.15, 0.2) is 30.5 Å². The largest absolute Gasteiger partial charge is 0.497 e. The third kappa shape index (κ3) is 3.47. The van der Waals surface area contributed by atoms with Crippen LogP contribution in [0.1, 0.15) is 47.8 Å². The van der Waals surface area contributed by atoms with Crippen LogP contribution in [0.25, 0.3) is 0 Å². The second kappa shape index (κ2) is 6.73. The van der Waals surface area contributed by atoms with Crippen LogP contribution >= 0.6 is 0 Å². The molecule has 1 N–H and O–H groups in total. The smallest absolute Gasteiger partial charge is 0.259 e. The number of nitrogens with zero attached hydrogens (tertiary/aromatic N) is 2. The van der Waals surface area contributed by atoms with E-state index in [9.17, 15) is 9.18 Å². The summed E-state index contributed by atoms with van der Waals surface area (Å²) in [6, 6.07) is 5.72. The van der Waals surface area contributed by atoms with E-state index < -0.39 is 11.7 Å². The van der Waals surface area contributed by atoms with Crippen molar-refractivity contribution in [2.75, 3.05) is 12.4 Å². The Hall–Kier alpha value is -2.50. The molecule has 1 aromatic carbocycles. The van der Waals surface area contributed by atoms with E-state index in [2.05, 4.69) is 15.3 Å². The van der Waals surface area contributed by atoms with Gasteiger partial charge in [-0.3, -0.25) is 4.79 Å². The van der Waals surface area contributed by atoms with Crippen LogP contribution in [-0.4, -0.2) is 23.0 Å². The Bertz CT molecular complexity index is 715. The van der Waals surface area contributed by atoms with Gasteiger partial charge in [0, 0.05) is 18.2 Å². The van der Waals surface area contributed by atoms with E-state index in [0.29, 0.717) is 17.5 Å². The predicted molar refractivity (Wildman–Crippen MR) is 84.1 cm³/mol. The second-order valence-electron chi connectivity index (χ2n) is 5.58. The minimum absolute atomic E-state index is 0.0492. The molecule has 0 unspecified atom stereocenters. The Morgan fingerprint density at radius 3 is 2.78 bits per heavy atom. The van der Waals surface area contributed by atoms with Crippen LogP contribution in [0.4, 0.5) is 10.2 Å². The van der Waals surface area contributed by atoms with Crippen LogP contribution in [0, 0.1) is 5.82 Å². The molecule has 0 radical (unpaired) electrons. The zero-order valence-corrected chi connectivity index (χ0v) is 12.9. The van der Waals surface area contributed by atoms with Gasteiger partial charge in [-0.25, -0.2) is 14.4 Å². The van der Waals surface area contributed by atoms with Crippen molar-refractivity contribution in [2.45, 2.75) is 31.6 Å². The van der Waals surface area contributed by atoms with Crippen molar-refractivity contribution in [3.63, 3.8) is 0 Å². The van der Waals surface area contributed by atoms with Crippen LogP contribution in [-0.2, 0) is 0 Å². The van der Waals surface area contributed by atoms with Crippen LogP contribution in [0.5, 0.6) is 5.75 Å². The average Bonchev–Trinajstić information content (AvgIpc) is 3.09. The molecule has 1 fully saturated rings. The van der Waals surface area contributed by atoms with Gasteiger partial charge in [0.1, 0.15) is 23.2 Å². The summed E-state index contributed by atoms with van der Waals surface area (Å²) >= 11 is 0. The van der Waals surface area contributed by atoms with E-state index in [0.717, 1.165) is 18.7 Å². The number of nitrogens with one attached hydrogen (secondary N) is 1. The van der Waals surface area contributed by atoms with Crippen molar-refractivity contribution in [1.82, 2.24) is 9.97 Å². The molecule has 1 aliphatic rings. The molecule has 1 aromatic heterocycles. The van der Waals surface area contributed by atoms with Gasteiger partial charge in [-0.15, -0.1) is 0 Å². The molecule has 23 heavy (non-hydrogen) atoms. The van der Waals surface area contributed by atoms with Crippen molar-refractivity contribution in [3.05, 3.63) is 47.7 Å². The summed E-state index contributed by atoms with van der Waals surface area (Å²) in [6.07, 6.45) is 6.14. The number of carbonyl (C=O) groups is 1. The number of amides is 1. The number of rotatable bonds is 4. The van der Waals surface area contributed by atoms with Gasteiger partial charge >= 0.3 is 0 Å². The molecule has 0 bridgehead atoms. The lowest BCUT2D eigenvalue weighted by molar-refractivity contribution is 0.102. The lowest BCUT2D eigenvalue weighted by atomic mass is 10.1. The van der Waals surface area contributed by atoms with Gasteiger partial charge in [0.2, 0.25) is 0 Å². The van der Waals surface area contributed by atoms with Gasteiger partial charge in [0.25, 0.3) is 5.91 Å². The van der Waals surface area contributed by atoms with Crippen molar-refractivity contribution >= 4 is 11.7 Å². The monoisotopic (exact) mass is 315 g/mol. The molecule has 6 heteroatoms. The van der Waals surface area contributed by atoms with Gasteiger partial charge in [0.05, 0.1) is 12.7 Å². The highest BCUT2D eigenvalue weighted by Gasteiger charge is 2.20. The third-order valence-electron chi connectivity index (χ3n) is 4.06. The van der Waals surface area contributed by atoms with Gasteiger partial charge in [-0.1, -0.05) is 12.8 Å². The lowest BCUT2D eigenvalue weighted by Crippen LogP contribution is -2.15. The van der Waals surface area contributed by atoms with Gasteiger partial charge in [-0.2, -0.15) is 0 Å². The van der Waals surface area contributed by atoms with Crippen LogP contribution < -0.4 is 10.1 Å². The molecule has 1 aliphatic carbocycles. The van der Waals surface area contributed by atoms with E-state index in [1.165, 1.54) is 32.1 Å². The fourth-order valence-corrected chi connectivity index (χ4v) is 2.81. The third-order valence-corrected chi connectivity index (χ3v) is 4.06. The maximum absolute atomic E-state index is 13.9. The maximum atomic E-state index is 13.9.